The Balaban J connectivity index is 1.62. The molecule has 0 unspecified atom stereocenters. The first-order chi connectivity index (χ1) is 14.1. The molecule has 1 saturated heterocycles. The number of rotatable bonds is 5. The van der Waals surface area contributed by atoms with Gasteiger partial charge < -0.3 is 4.57 Å². The Morgan fingerprint density at radius 2 is 2.03 bits per heavy atom. The van der Waals surface area contributed by atoms with E-state index in [4.69, 9.17) is 12.2 Å². The van der Waals surface area contributed by atoms with Crippen LogP contribution in [0.3, 0.4) is 0 Å². The molecule has 5 nitrogen and oxygen atoms in total. The molecule has 150 valence electrons. The second-order valence-corrected chi connectivity index (χ2v) is 7.91. The Hall–Kier alpha value is -2.73. The van der Waals surface area contributed by atoms with Crippen LogP contribution in [0.4, 0.5) is 0 Å². The minimum absolute atomic E-state index is 0.134. The summed E-state index contributed by atoms with van der Waals surface area (Å²) in [6.45, 7) is 3.38. The number of para-hydroxylation sites is 1. The highest BCUT2D eigenvalue weighted by Crippen LogP contribution is 2.26. The van der Waals surface area contributed by atoms with Crippen molar-refractivity contribution in [3.05, 3.63) is 53.2 Å². The summed E-state index contributed by atoms with van der Waals surface area (Å²) in [5.41, 5.74) is 3.46. The summed E-state index contributed by atoms with van der Waals surface area (Å²) in [7, 11) is 0. The largest absolute Gasteiger partial charge is 0.347 e. The molecular formula is C23H25N3O2S. The number of thiocarbonyl (C=S) groups is 1. The highest BCUT2D eigenvalue weighted by Gasteiger charge is 2.33. The van der Waals surface area contributed by atoms with Crippen molar-refractivity contribution in [2.75, 3.05) is 6.54 Å². The van der Waals surface area contributed by atoms with Crippen molar-refractivity contribution in [2.45, 2.75) is 45.6 Å². The summed E-state index contributed by atoms with van der Waals surface area (Å²) in [4.78, 5) is 27.2. The smallest absolute Gasteiger partial charge is 0.265 e. The summed E-state index contributed by atoms with van der Waals surface area (Å²) in [6.07, 6.45) is 11.4. The summed E-state index contributed by atoms with van der Waals surface area (Å²) >= 11 is 5.29. The lowest BCUT2D eigenvalue weighted by Gasteiger charge is -2.29. The molecule has 1 N–H and O–H groups in total. The van der Waals surface area contributed by atoms with Crippen LogP contribution in [-0.4, -0.2) is 32.9 Å². The molecule has 0 atom stereocenters. The number of nitrogens with zero attached hydrogens (tertiary/aromatic N) is 2. The van der Waals surface area contributed by atoms with Gasteiger partial charge in [-0.2, -0.15) is 0 Å². The van der Waals surface area contributed by atoms with Crippen LogP contribution in [0.1, 0.15) is 44.6 Å². The van der Waals surface area contributed by atoms with Gasteiger partial charge in [0.15, 0.2) is 5.11 Å². The number of nitrogens with one attached hydrogen (secondary N) is 1. The quantitative estimate of drug-likeness (QED) is 0.350. The van der Waals surface area contributed by atoms with Crippen molar-refractivity contribution in [3.63, 3.8) is 0 Å². The Kier molecular flexibility index (Phi) is 5.62. The number of amides is 2. The van der Waals surface area contributed by atoms with Crippen LogP contribution in [0.25, 0.3) is 17.0 Å². The molecule has 0 spiro atoms. The first kappa shape index (κ1) is 19.6. The number of hydrogen-bond acceptors (Lipinski definition) is 3. The minimum Gasteiger partial charge on any atom is -0.347 e. The molecule has 2 aliphatic rings. The van der Waals surface area contributed by atoms with Crippen molar-refractivity contribution in [1.29, 1.82) is 0 Å². The van der Waals surface area contributed by atoms with Gasteiger partial charge in [-0.15, -0.1) is 0 Å². The van der Waals surface area contributed by atoms with Crippen LogP contribution in [0.15, 0.2) is 47.7 Å². The fraction of sp³-hybridized carbons (Fsp3) is 0.348. The second-order valence-electron chi connectivity index (χ2n) is 7.52. The van der Waals surface area contributed by atoms with E-state index in [1.165, 1.54) is 23.3 Å². The molecule has 1 aromatic heterocycles. The van der Waals surface area contributed by atoms with Crippen molar-refractivity contribution in [3.8, 4) is 0 Å². The number of aromatic nitrogens is 1. The molecular weight excluding hydrogens is 382 g/mol. The van der Waals surface area contributed by atoms with Crippen molar-refractivity contribution < 1.29 is 9.59 Å². The lowest BCUT2D eigenvalue weighted by molar-refractivity contribution is -0.128. The molecule has 1 aliphatic heterocycles. The van der Waals surface area contributed by atoms with Crippen LogP contribution in [0.5, 0.6) is 0 Å². The maximum Gasteiger partial charge on any atom is 0.265 e. The molecule has 4 rings (SSSR count). The normalized spacial score (nSPS) is 19.1. The van der Waals surface area contributed by atoms with Crippen LogP contribution < -0.4 is 5.32 Å². The van der Waals surface area contributed by atoms with Gasteiger partial charge in [-0.1, -0.05) is 29.8 Å². The number of allylic oxidation sites excluding steroid dienone is 1. The van der Waals surface area contributed by atoms with E-state index < -0.39 is 5.91 Å². The van der Waals surface area contributed by atoms with E-state index >= 15 is 0 Å². The Morgan fingerprint density at radius 1 is 1.21 bits per heavy atom. The summed E-state index contributed by atoms with van der Waals surface area (Å²) in [5.74, 6) is -0.745. The average molecular weight is 408 g/mol. The van der Waals surface area contributed by atoms with Crippen LogP contribution >= 0.6 is 12.2 Å². The average Bonchev–Trinajstić information content (AvgIpc) is 3.09. The fourth-order valence-electron chi connectivity index (χ4n) is 4.09. The zero-order valence-electron chi connectivity index (χ0n) is 16.6. The zero-order chi connectivity index (χ0) is 20.4. The molecule has 1 aliphatic carbocycles. The molecule has 29 heavy (non-hydrogen) atoms. The summed E-state index contributed by atoms with van der Waals surface area (Å²) in [6, 6.07) is 8.01. The number of benzene rings is 1. The van der Waals surface area contributed by atoms with E-state index in [2.05, 4.69) is 22.9 Å². The summed E-state index contributed by atoms with van der Waals surface area (Å²) in [5, 5.41) is 3.91. The van der Waals surface area contributed by atoms with Gasteiger partial charge in [0.05, 0.1) is 0 Å². The van der Waals surface area contributed by atoms with E-state index in [1.807, 2.05) is 30.5 Å². The molecule has 2 aromatic rings. The zero-order valence-corrected chi connectivity index (χ0v) is 17.4. The minimum atomic E-state index is -0.429. The maximum absolute atomic E-state index is 13.1. The highest BCUT2D eigenvalue weighted by atomic mass is 32.1. The van der Waals surface area contributed by atoms with Gasteiger partial charge in [0, 0.05) is 35.8 Å². The monoisotopic (exact) mass is 407 g/mol. The maximum atomic E-state index is 13.1. The molecule has 1 aromatic carbocycles. The fourth-order valence-corrected chi connectivity index (χ4v) is 4.36. The number of aryl methyl sites for hydroxylation is 1. The number of carbonyl (C=O) groups excluding carboxylic acids is 2. The second kappa shape index (κ2) is 8.33. The van der Waals surface area contributed by atoms with Crippen LogP contribution in [-0.2, 0) is 16.1 Å². The topological polar surface area (TPSA) is 54.3 Å². The van der Waals surface area contributed by atoms with E-state index in [9.17, 15) is 9.59 Å². The SMILES string of the molecule is CCn1cc(/C=C2/C(=O)NC(=S)N(CCC3=CCCCC3)C2=O)c2ccccc21. The molecule has 2 heterocycles. The summed E-state index contributed by atoms with van der Waals surface area (Å²) < 4.78 is 2.12. The Labute approximate surface area is 176 Å². The van der Waals surface area contributed by atoms with Crippen LogP contribution in [0, 0.1) is 0 Å². The molecule has 0 bridgehead atoms. The van der Waals surface area contributed by atoms with Gasteiger partial charge in [0.2, 0.25) is 0 Å². The molecule has 0 saturated carbocycles. The standard InChI is InChI=1S/C23H25N3O2S/c1-2-25-15-17(18-10-6-7-11-20(18)25)14-19-21(27)24-23(29)26(22(19)28)13-12-16-8-4-3-5-9-16/h6-8,10-11,14-15H,2-5,9,12-13H2,1H3,(H,24,27,29)/b19-14-. The van der Waals surface area contributed by atoms with Crippen LogP contribution in [0.2, 0.25) is 0 Å². The van der Waals surface area contributed by atoms with Crippen molar-refractivity contribution in [2.24, 2.45) is 0 Å². The highest BCUT2D eigenvalue weighted by molar-refractivity contribution is 7.80. The van der Waals surface area contributed by atoms with E-state index in [0.29, 0.717) is 6.54 Å². The Bertz CT molecular complexity index is 1050. The first-order valence-corrected chi connectivity index (χ1v) is 10.6. The van der Waals surface area contributed by atoms with Gasteiger partial charge in [0.25, 0.3) is 11.8 Å². The van der Waals surface area contributed by atoms with Gasteiger partial charge in [-0.3, -0.25) is 19.8 Å². The third kappa shape index (κ3) is 3.90. The van der Waals surface area contributed by atoms with Crippen molar-refractivity contribution in [1.82, 2.24) is 14.8 Å². The predicted octanol–water partition coefficient (Wildman–Crippen LogP) is 4.18. The lowest BCUT2D eigenvalue weighted by Crippen LogP contribution is -2.54. The van der Waals surface area contributed by atoms with E-state index in [1.54, 1.807) is 6.08 Å². The molecule has 2 amide bonds. The molecule has 1 fully saturated rings. The molecule has 6 heteroatoms. The lowest BCUT2D eigenvalue weighted by atomic mass is 9.97. The number of fused-ring (bicyclic) bond motifs is 1. The first-order valence-electron chi connectivity index (χ1n) is 10.2. The van der Waals surface area contributed by atoms with Gasteiger partial charge in [-0.05, 0) is 63.4 Å². The number of hydrogen-bond donors (Lipinski definition) is 1. The third-order valence-corrected chi connectivity index (χ3v) is 6.01. The van der Waals surface area contributed by atoms with Gasteiger partial charge in [-0.25, -0.2) is 0 Å². The molecule has 0 radical (unpaired) electrons. The third-order valence-electron chi connectivity index (χ3n) is 5.69. The van der Waals surface area contributed by atoms with Crippen molar-refractivity contribution >= 4 is 46.1 Å². The van der Waals surface area contributed by atoms with E-state index in [0.717, 1.165) is 42.3 Å². The van der Waals surface area contributed by atoms with E-state index in [-0.39, 0.29) is 16.6 Å². The Morgan fingerprint density at radius 3 is 2.79 bits per heavy atom. The van der Waals surface area contributed by atoms with Gasteiger partial charge >= 0.3 is 0 Å². The van der Waals surface area contributed by atoms with Gasteiger partial charge in [0.1, 0.15) is 5.57 Å². The predicted molar refractivity (Wildman–Crippen MR) is 119 cm³/mol. The number of carbonyl (C=O) groups is 2.